The van der Waals surface area contributed by atoms with Crippen LogP contribution in [0.2, 0.25) is 0 Å². The second-order valence-corrected chi connectivity index (χ2v) is 1.60. The molecule has 3 heteroatoms. The molecule has 2 N–H and O–H groups in total. The summed E-state index contributed by atoms with van der Waals surface area (Å²) in [6.07, 6.45) is 0.895. The van der Waals surface area contributed by atoms with E-state index in [1.807, 2.05) is 6.92 Å². The van der Waals surface area contributed by atoms with E-state index in [9.17, 15) is 4.79 Å². The SMILES string of the molecule is [CH2]N(CCC)C(N)=O. The van der Waals surface area contributed by atoms with Gasteiger partial charge in [-0.15, -0.1) is 0 Å². The predicted molar refractivity (Wildman–Crippen MR) is 31.9 cm³/mol. The summed E-state index contributed by atoms with van der Waals surface area (Å²) in [5.41, 5.74) is 4.85. The zero-order chi connectivity index (χ0) is 6.57. The van der Waals surface area contributed by atoms with Crippen LogP contribution < -0.4 is 5.73 Å². The maximum atomic E-state index is 10.2. The molecule has 0 aliphatic heterocycles. The van der Waals surface area contributed by atoms with Crippen LogP contribution in [0.1, 0.15) is 13.3 Å². The van der Waals surface area contributed by atoms with Crippen molar-refractivity contribution in [3.05, 3.63) is 7.05 Å². The third kappa shape index (κ3) is 2.44. The van der Waals surface area contributed by atoms with E-state index in [1.54, 1.807) is 0 Å². The Morgan fingerprint density at radius 1 is 1.88 bits per heavy atom. The lowest BCUT2D eigenvalue weighted by Crippen LogP contribution is -2.30. The average Bonchev–Trinajstić information content (AvgIpc) is 1.67. The first kappa shape index (κ1) is 7.27. The highest BCUT2D eigenvalue weighted by Gasteiger charge is 1.97. The number of hydrogen-bond donors (Lipinski definition) is 1. The molecule has 0 atom stereocenters. The molecular formula is C5H11N2O. The monoisotopic (exact) mass is 115 g/mol. The van der Waals surface area contributed by atoms with Crippen molar-refractivity contribution in [1.29, 1.82) is 0 Å². The van der Waals surface area contributed by atoms with Crippen LogP contribution in [0, 0.1) is 7.05 Å². The van der Waals surface area contributed by atoms with Gasteiger partial charge >= 0.3 is 6.03 Å². The number of primary amides is 1. The minimum absolute atomic E-state index is 0.466. The molecule has 0 spiro atoms. The van der Waals surface area contributed by atoms with Gasteiger partial charge in [-0.05, 0) is 6.42 Å². The van der Waals surface area contributed by atoms with E-state index < -0.39 is 6.03 Å². The van der Waals surface area contributed by atoms with Crippen molar-refractivity contribution in [3.63, 3.8) is 0 Å². The Hall–Kier alpha value is -0.730. The van der Waals surface area contributed by atoms with Gasteiger partial charge in [-0.3, -0.25) is 0 Å². The van der Waals surface area contributed by atoms with Crippen molar-refractivity contribution < 1.29 is 4.79 Å². The maximum Gasteiger partial charge on any atom is 0.314 e. The molecule has 8 heavy (non-hydrogen) atoms. The topological polar surface area (TPSA) is 46.3 Å². The molecule has 0 unspecified atom stereocenters. The van der Waals surface area contributed by atoms with E-state index in [2.05, 4.69) is 7.05 Å². The highest BCUT2D eigenvalue weighted by atomic mass is 16.2. The van der Waals surface area contributed by atoms with E-state index in [4.69, 9.17) is 5.73 Å². The summed E-state index contributed by atoms with van der Waals surface area (Å²) >= 11 is 0. The molecule has 0 aliphatic carbocycles. The molecule has 3 nitrogen and oxygen atoms in total. The van der Waals surface area contributed by atoms with E-state index in [0.717, 1.165) is 6.42 Å². The van der Waals surface area contributed by atoms with Gasteiger partial charge in [0.05, 0.1) is 0 Å². The number of rotatable bonds is 2. The lowest BCUT2D eigenvalue weighted by atomic mass is 10.4. The smallest absolute Gasteiger partial charge is 0.314 e. The number of carbonyl (C=O) groups excluding carboxylic acids is 1. The second-order valence-electron chi connectivity index (χ2n) is 1.60. The van der Waals surface area contributed by atoms with Crippen LogP contribution in [0.25, 0.3) is 0 Å². The number of carbonyl (C=O) groups is 1. The molecule has 0 rings (SSSR count). The van der Waals surface area contributed by atoms with Crippen LogP contribution in [-0.2, 0) is 0 Å². The zero-order valence-corrected chi connectivity index (χ0v) is 5.05. The molecule has 1 radical (unpaired) electrons. The predicted octanol–water partition coefficient (Wildman–Crippen LogP) is 0.569. The number of amides is 2. The van der Waals surface area contributed by atoms with Gasteiger partial charge in [0.15, 0.2) is 0 Å². The molecule has 0 aromatic heterocycles. The standard InChI is InChI=1S/C5H11N2O/c1-3-4-7(2)5(6)8/h2-4H2,1H3,(H2,6,8). The molecule has 0 aliphatic rings. The van der Waals surface area contributed by atoms with Gasteiger partial charge in [0.2, 0.25) is 0 Å². The molecular weight excluding hydrogens is 104 g/mol. The van der Waals surface area contributed by atoms with Gasteiger partial charge in [0.1, 0.15) is 0 Å². The molecule has 0 fully saturated rings. The summed E-state index contributed by atoms with van der Waals surface area (Å²) in [4.78, 5) is 11.4. The molecule has 0 saturated heterocycles. The molecule has 0 heterocycles. The summed E-state index contributed by atoms with van der Waals surface area (Å²) in [6.45, 7) is 2.59. The van der Waals surface area contributed by atoms with Gasteiger partial charge in [0.25, 0.3) is 0 Å². The van der Waals surface area contributed by atoms with Gasteiger partial charge in [-0.1, -0.05) is 6.92 Å². The summed E-state index contributed by atoms with van der Waals surface area (Å²) in [5.74, 6) is 0. The number of urea groups is 1. The lowest BCUT2D eigenvalue weighted by Gasteiger charge is -2.10. The average molecular weight is 115 g/mol. The van der Waals surface area contributed by atoms with Crippen LogP contribution in [0.5, 0.6) is 0 Å². The summed E-state index contributed by atoms with van der Waals surface area (Å²) < 4.78 is 0. The number of nitrogens with two attached hydrogens (primary N) is 1. The summed E-state index contributed by atoms with van der Waals surface area (Å²) in [5, 5.41) is 0. The van der Waals surface area contributed by atoms with E-state index in [1.165, 1.54) is 4.90 Å². The highest BCUT2D eigenvalue weighted by Crippen LogP contribution is 1.84. The fourth-order valence-electron chi connectivity index (χ4n) is 0.380. The maximum absolute atomic E-state index is 10.2. The van der Waals surface area contributed by atoms with Crippen molar-refractivity contribution in [1.82, 2.24) is 4.90 Å². The largest absolute Gasteiger partial charge is 0.351 e. The summed E-state index contributed by atoms with van der Waals surface area (Å²) in [6, 6.07) is -0.466. The van der Waals surface area contributed by atoms with Crippen LogP contribution in [0.3, 0.4) is 0 Å². The zero-order valence-electron chi connectivity index (χ0n) is 5.05. The first-order chi connectivity index (χ1) is 3.68. The van der Waals surface area contributed by atoms with Crippen LogP contribution in [-0.4, -0.2) is 17.5 Å². The van der Waals surface area contributed by atoms with Crippen molar-refractivity contribution in [3.8, 4) is 0 Å². The normalized spacial score (nSPS) is 8.75. The third-order valence-corrected chi connectivity index (χ3v) is 0.805. The van der Waals surface area contributed by atoms with Crippen molar-refractivity contribution in [2.75, 3.05) is 6.54 Å². The Labute approximate surface area is 49.5 Å². The van der Waals surface area contributed by atoms with Gasteiger partial charge < -0.3 is 10.6 Å². The van der Waals surface area contributed by atoms with Crippen molar-refractivity contribution in [2.24, 2.45) is 5.73 Å². The van der Waals surface area contributed by atoms with Crippen LogP contribution in [0.4, 0.5) is 4.79 Å². The fraction of sp³-hybridized carbons (Fsp3) is 0.600. The minimum Gasteiger partial charge on any atom is -0.351 e. The molecule has 47 valence electrons. The first-order valence-electron chi connectivity index (χ1n) is 2.56. The Morgan fingerprint density at radius 3 is 2.50 bits per heavy atom. The Morgan fingerprint density at radius 2 is 2.38 bits per heavy atom. The van der Waals surface area contributed by atoms with E-state index >= 15 is 0 Å². The Bertz CT molecular complexity index is 82.5. The fourth-order valence-corrected chi connectivity index (χ4v) is 0.380. The molecule has 2 amide bonds. The Balaban J connectivity index is 3.32. The quantitative estimate of drug-likeness (QED) is 0.561. The molecule has 0 bridgehead atoms. The number of nitrogens with zero attached hydrogens (tertiary/aromatic N) is 1. The molecule has 0 aromatic carbocycles. The van der Waals surface area contributed by atoms with Gasteiger partial charge in [0, 0.05) is 13.6 Å². The number of hydrogen-bond acceptors (Lipinski definition) is 1. The first-order valence-corrected chi connectivity index (χ1v) is 2.56. The summed E-state index contributed by atoms with van der Waals surface area (Å²) in [7, 11) is 3.39. The van der Waals surface area contributed by atoms with Crippen LogP contribution in [0.15, 0.2) is 0 Å². The highest BCUT2D eigenvalue weighted by molar-refractivity contribution is 5.72. The minimum atomic E-state index is -0.466. The lowest BCUT2D eigenvalue weighted by molar-refractivity contribution is 0.224. The molecule has 0 aromatic rings. The van der Waals surface area contributed by atoms with E-state index in [-0.39, 0.29) is 0 Å². The third-order valence-electron chi connectivity index (χ3n) is 0.805. The van der Waals surface area contributed by atoms with E-state index in [0.29, 0.717) is 6.54 Å². The Kier molecular flexibility index (Phi) is 2.99. The molecule has 0 saturated carbocycles. The van der Waals surface area contributed by atoms with Crippen molar-refractivity contribution >= 4 is 6.03 Å². The second kappa shape index (κ2) is 3.29. The van der Waals surface area contributed by atoms with Crippen LogP contribution >= 0.6 is 0 Å². The van der Waals surface area contributed by atoms with Gasteiger partial charge in [-0.2, -0.15) is 0 Å². The van der Waals surface area contributed by atoms with Crippen molar-refractivity contribution in [2.45, 2.75) is 13.3 Å². The van der Waals surface area contributed by atoms with Gasteiger partial charge in [-0.25, -0.2) is 4.79 Å².